The van der Waals surface area contributed by atoms with E-state index in [-0.39, 0.29) is 0 Å². The van der Waals surface area contributed by atoms with Gasteiger partial charge in [-0.1, -0.05) is 13.8 Å². The molecule has 0 aliphatic heterocycles. The lowest BCUT2D eigenvalue weighted by molar-refractivity contribution is 0.0223. The molecule has 0 fully saturated rings. The number of hydrogen-bond donors (Lipinski definition) is 1. The van der Waals surface area contributed by atoms with Crippen molar-refractivity contribution in [3.8, 4) is 0 Å². The van der Waals surface area contributed by atoms with Crippen molar-refractivity contribution in [3.63, 3.8) is 0 Å². The standard InChI is InChI=1S/C11H25NO2/c1-9(2)6-10(3)14-8-11(12-4)7-13-5/h9-12H,6-8H2,1-5H3. The van der Waals surface area contributed by atoms with Gasteiger partial charge in [-0.05, 0) is 26.3 Å². The van der Waals surface area contributed by atoms with Gasteiger partial charge in [0.15, 0.2) is 0 Å². The summed E-state index contributed by atoms with van der Waals surface area (Å²) < 4.78 is 10.8. The molecular formula is C11H25NO2. The third-order valence-electron chi connectivity index (χ3n) is 2.16. The average molecular weight is 203 g/mol. The summed E-state index contributed by atoms with van der Waals surface area (Å²) in [4.78, 5) is 0. The zero-order valence-electron chi connectivity index (χ0n) is 10.2. The van der Waals surface area contributed by atoms with Gasteiger partial charge in [-0.2, -0.15) is 0 Å². The minimum atomic E-state index is 0.301. The highest BCUT2D eigenvalue weighted by atomic mass is 16.5. The minimum Gasteiger partial charge on any atom is -0.383 e. The van der Waals surface area contributed by atoms with Crippen molar-refractivity contribution in [2.24, 2.45) is 5.92 Å². The number of likely N-dealkylation sites (N-methyl/N-ethyl adjacent to an activating group) is 1. The smallest absolute Gasteiger partial charge is 0.0645 e. The summed E-state index contributed by atoms with van der Waals surface area (Å²) in [5.41, 5.74) is 0. The van der Waals surface area contributed by atoms with Crippen molar-refractivity contribution in [3.05, 3.63) is 0 Å². The van der Waals surface area contributed by atoms with E-state index < -0.39 is 0 Å². The second-order valence-corrected chi connectivity index (χ2v) is 4.21. The van der Waals surface area contributed by atoms with Crippen LogP contribution in [-0.2, 0) is 9.47 Å². The molecular weight excluding hydrogens is 178 g/mol. The maximum Gasteiger partial charge on any atom is 0.0645 e. The lowest BCUT2D eigenvalue weighted by Crippen LogP contribution is -2.35. The first kappa shape index (κ1) is 13.9. The average Bonchev–Trinajstić information content (AvgIpc) is 2.11. The summed E-state index contributed by atoms with van der Waals surface area (Å²) >= 11 is 0. The van der Waals surface area contributed by atoms with E-state index in [2.05, 4.69) is 26.1 Å². The van der Waals surface area contributed by atoms with E-state index in [1.165, 1.54) is 0 Å². The molecule has 0 aliphatic rings. The van der Waals surface area contributed by atoms with E-state index >= 15 is 0 Å². The molecule has 0 aromatic heterocycles. The molecule has 0 rings (SSSR count). The molecule has 2 unspecified atom stereocenters. The van der Waals surface area contributed by atoms with E-state index in [1.807, 2.05) is 7.05 Å². The van der Waals surface area contributed by atoms with Gasteiger partial charge in [-0.3, -0.25) is 0 Å². The molecule has 0 heterocycles. The summed E-state index contributed by atoms with van der Waals surface area (Å²) in [5, 5.41) is 3.16. The fraction of sp³-hybridized carbons (Fsp3) is 1.00. The summed E-state index contributed by atoms with van der Waals surface area (Å²) in [6.45, 7) is 7.97. The number of methoxy groups -OCH3 is 1. The van der Waals surface area contributed by atoms with Crippen LogP contribution in [0, 0.1) is 5.92 Å². The quantitative estimate of drug-likeness (QED) is 0.651. The molecule has 0 aromatic rings. The van der Waals surface area contributed by atoms with Crippen LogP contribution in [-0.4, -0.2) is 39.5 Å². The molecule has 0 saturated carbocycles. The van der Waals surface area contributed by atoms with Gasteiger partial charge in [0.2, 0.25) is 0 Å². The van der Waals surface area contributed by atoms with Crippen LogP contribution < -0.4 is 5.32 Å². The second-order valence-electron chi connectivity index (χ2n) is 4.21. The Morgan fingerprint density at radius 3 is 2.21 bits per heavy atom. The van der Waals surface area contributed by atoms with Crippen LogP contribution in [0.2, 0.25) is 0 Å². The first-order valence-electron chi connectivity index (χ1n) is 5.38. The zero-order valence-corrected chi connectivity index (χ0v) is 10.2. The first-order valence-corrected chi connectivity index (χ1v) is 5.38. The maximum atomic E-state index is 5.72. The third-order valence-corrected chi connectivity index (χ3v) is 2.16. The predicted octanol–water partition coefficient (Wildman–Crippen LogP) is 1.67. The van der Waals surface area contributed by atoms with E-state index in [4.69, 9.17) is 9.47 Å². The van der Waals surface area contributed by atoms with Crippen LogP contribution in [0.3, 0.4) is 0 Å². The summed E-state index contributed by atoms with van der Waals surface area (Å²) in [6, 6.07) is 0.301. The van der Waals surface area contributed by atoms with Crippen molar-refractivity contribution in [1.29, 1.82) is 0 Å². The Balaban J connectivity index is 3.56. The number of nitrogens with one attached hydrogen (secondary N) is 1. The van der Waals surface area contributed by atoms with Crippen molar-refractivity contribution in [2.75, 3.05) is 27.4 Å². The monoisotopic (exact) mass is 203 g/mol. The second kappa shape index (κ2) is 8.21. The highest BCUT2D eigenvalue weighted by Crippen LogP contribution is 2.07. The predicted molar refractivity (Wildman–Crippen MR) is 59.6 cm³/mol. The highest BCUT2D eigenvalue weighted by molar-refractivity contribution is 4.63. The fourth-order valence-electron chi connectivity index (χ4n) is 1.43. The summed E-state index contributed by atoms with van der Waals surface area (Å²) in [6.07, 6.45) is 1.45. The van der Waals surface area contributed by atoms with Crippen molar-refractivity contribution < 1.29 is 9.47 Å². The van der Waals surface area contributed by atoms with Gasteiger partial charge in [0.25, 0.3) is 0 Å². The maximum absolute atomic E-state index is 5.72. The molecule has 14 heavy (non-hydrogen) atoms. The van der Waals surface area contributed by atoms with Crippen LogP contribution in [0.4, 0.5) is 0 Å². The van der Waals surface area contributed by atoms with Crippen molar-refractivity contribution in [1.82, 2.24) is 5.32 Å². The molecule has 86 valence electrons. The Labute approximate surface area is 88.2 Å². The van der Waals surface area contributed by atoms with E-state index in [9.17, 15) is 0 Å². The van der Waals surface area contributed by atoms with Gasteiger partial charge in [0, 0.05) is 7.11 Å². The van der Waals surface area contributed by atoms with Crippen LogP contribution in [0.25, 0.3) is 0 Å². The third kappa shape index (κ3) is 7.30. The Bertz CT molecular complexity index is 128. The van der Waals surface area contributed by atoms with Crippen LogP contribution in [0.5, 0.6) is 0 Å². The lowest BCUT2D eigenvalue weighted by Gasteiger charge is -2.20. The molecule has 0 radical (unpaired) electrons. The fourth-order valence-corrected chi connectivity index (χ4v) is 1.43. The molecule has 0 saturated heterocycles. The van der Waals surface area contributed by atoms with Gasteiger partial charge in [-0.25, -0.2) is 0 Å². The van der Waals surface area contributed by atoms with Crippen molar-refractivity contribution in [2.45, 2.75) is 39.3 Å². The normalized spacial score (nSPS) is 15.9. The van der Waals surface area contributed by atoms with Gasteiger partial charge in [-0.15, -0.1) is 0 Å². The van der Waals surface area contributed by atoms with Crippen LogP contribution in [0.15, 0.2) is 0 Å². The van der Waals surface area contributed by atoms with Gasteiger partial charge < -0.3 is 14.8 Å². The lowest BCUT2D eigenvalue weighted by atomic mass is 10.1. The first-order chi connectivity index (χ1) is 6.60. The van der Waals surface area contributed by atoms with Crippen molar-refractivity contribution >= 4 is 0 Å². The number of ether oxygens (including phenoxy) is 2. The Kier molecular flexibility index (Phi) is 8.14. The molecule has 0 amide bonds. The summed E-state index contributed by atoms with van der Waals surface area (Å²) in [7, 11) is 3.64. The van der Waals surface area contributed by atoms with E-state index in [1.54, 1.807) is 7.11 Å². The Morgan fingerprint density at radius 1 is 1.14 bits per heavy atom. The van der Waals surface area contributed by atoms with Gasteiger partial charge >= 0.3 is 0 Å². The van der Waals surface area contributed by atoms with Gasteiger partial charge in [0.05, 0.1) is 25.4 Å². The molecule has 0 spiro atoms. The Morgan fingerprint density at radius 2 is 1.79 bits per heavy atom. The van der Waals surface area contributed by atoms with E-state index in [0.29, 0.717) is 24.7 Å². The van der Waals surface area contributed by atoms with E-state index in [0.717, 1.165) is 13.0 Å². The molecule has 3 heteroatoms. The number of hydrogen-bond acceptors (Lipinski definition) is 3. The highest BCUT2D eigenvalue weighted by Gasteiger charge is 2.09. The minimum absolute atomic E-state index is 0.301. The largest absolute Gasteiger partial charge is 0.383 e. The Hall–Kier alpha value is -0.120. The SMILES string of the molecule is CNC(COC)COC(C)CC(C)C. The molecule has 0 aliphatic carbocycles. The number of rotatable bonds is 8. The topological polar surface area (TPSA) is 30.5 Å². The van der Waals surface area contributed by atoms with Gasteiger partial charge in [0.1, 0.15) is 0 Å². The molecule has 3 nitrogen and oxygen atoms in total. The summed E-state index contributed by atoms with van der Waals surface area (Å²) in [5.74, 6) is 0.695. The molecule has 2 atom stereocenters. The van der Waals surface area contributed by atoms with Crippen LogP contribution in [0.1, 0.15) is 27.2 Å². The molecule has 1 N–H and O–H groups in total. The zero-order chi connectivity index (χ0) is 11.0. The van der Waals surface area contributed by atoms with Crippen LogP contribution >= 0.6 is 0 Å². The molecule has 0 aromatic carbocycles. The molecule has 0 bridgehead atoms.